The Kier molecular flexibility index (Phi) is 3.34. The van der Waals surface area contributed by atoms with Gasteiger partial charge in [0.15, 0.2) is 0 Å². The Bertz CT molecular complexity index is 671. The highest BCUT2D eigenvalue weighted by Crippen LogP contribution is 2.49. The van der Waals surface area contributed by atoms with Gasteiger partial charge >= 0.3 is 0 Å². The van der Waals surface area contributed by atoms with Crippen LogP contribution in [0.2, 0.25) is 0 Å². The number of halogens is 1. The number of hydrogen-bond donors (Lipinski definition) is 0. The van der Waals surface area contributed by atoms with E-state index in [0.29, 0.717) is 6.61 Å². The largest absolute Gasteiger partial charge is 0.493 e. The Hall–Kier alpha value is -1.62. The second kappa shape index (κ2) is 5.45. The summed E-state index contributed by atoms with van der Waals surface area (Å²) in [7, 11) is 0. The fourth-order valence-corrected chi connectivity index (χ4v) is 4.55. The molecule has 0 aromatic heterocycles. The molecule has 0 unspecified atom stereocenters. The first-order chi connectivity index (χ1) is 11.7. The lowest BCUT2D eigenvalue weighted by molar-refractivity contribution is -0.140. The minimum Gasteiger partial charge on any atom is -0.493 e. The SMILES string of the molecule is O=C([C@@H]1CN(CC2CC2)[C@H]2c3cc(F)ccc3OC[C@@H]12)N1CCC1. The first kappa shape index (κ1) is 14.7. The molecule has 4 aliphatic rings. The number of carbonyl (C=O) groups is 1. The van der Waals surface area contributed by atoms with Crippen molar-refractivity contribution >= 4 is 5.91 Å². The first-order valence-electron chi connectivity index (χ1n) is 9.16. The highest BCUT2D eigenvalue weighted by molar-refractivity contribution is 5.80. The molecule has 3 heterocycles. The number of nitrogens with zero attached hydrogens (tertiary/aromatic N) is 2. The van der Waals surface area contributed by atoms with Crippen LogP contribution < -0.4 is 4.74 Å². The molecule has 1 aliphatic carbocycles. The van der Waals surface area contributed by atoms with E-state index >= 15 is 0 Å². The molecule has 1 saturated carbocycles. The van der Waals surface area contributed by atoms with Crippen LogP contribution in [0.5, 0.6) is 5.75 Å². The molecule has 1 amide bonds. The van der Waals surface area contributed by atoms with E-state index in [0.717, 1.165) is 49.8 Å². The van der Waals surface area contributed by atoms with Gasteiger partial charge in [-0.15, -0.1) is 0 Å². The van der Waals surface area contributed by atoms with E-state index in [4.69, 9.17) is 4.74 Å². The topological polar surface area (TPSA) is 32.8 Å². The van der Waals surface area contributed by atoms with Crippen molar-refractivity contribution in [3.63, 3.8) is 0 Å². The number of rotatable bonds is 3. The fraction of sp³-hybridized carbons (Fsp3) is 0.632. The Morgan fingerprint density at radius 2 is 2.12 bits per heavy atom. The lowest BCUT2D eigenvalue weighted by atomic mass is 9.84. The van der Waals surface area contributed by atoms with Gasteiger partial charge in [-0.3, -0.25) is 9.69 Å². The van der Waals surface area contributed by atoms with Crippen molar-refractivity contribution in [1.82, 2.24) is 9.80 Å². The van der Waals surface area contributed by atoms with Gasteiger partial charge in [-0.25, -0.2) is 4.39 Å². The van der Waals surface area contributed by atoms with Crippen molar-refractivity contribution in [2.24, 2.45) is 17.8 Å². The number of fused-ring (bicyclic) bond motifs is 3. The molecule has 0 spiro atoms. The number of hydrogen-bond acceptors (Lipinski definition) is 3. The Morgan fingerprint density at radius 3 is 2.83 bits per heavy atom. The maximum Gasteiger partial charge on any atom is 0.227 e. The van der Waals surface area contributed by atoms with E-state index in [1.165, 1.54) is 18.9 Å². The number of amides is 1. The van der Waals surface area contributed by atoms with Crippen LogP contribution in [0.1, 0.15) is 30.9 Å². The molecular weight excluding hydrogens is 307 g/mol. The monoisotopic (exact) mass is 330 g/mol. The predicted molar refractivity (Wildman–Crippen MR) is 87.1 cm³/mol. The molecule has 1 aromatic carbocycles. The van der Waals surface area contributed by atoms with Crippen molar-refractivity contribution < 1.29 is 13.9 Å². The van der Waals surface area contributed by atoms with Crippen molar-refractivity contribution in [3.8, 4) is 5.75 Å². The Morgan fingerprint density at radius 1 is 1.29 bits per heavy atom. The molecule has 0 radical (unpaired) electrons. The summed E-state index contributed by atoms with van der Waals surface area (Å²) in [6, 6.07) is 4.94. The van der Waals surface area contributed by atoms with Crippen LogP contribution in [0.4, 0.5) is 4.39 Å². The van der Waals surface area contributed by atoms with Crippen LogP contribution in [-0.2, 0) is 4.79 Å². The number of carbonyl (C=O) groups excluding carboxylic acids is 1. The summed E-state index contributed by atoms with van der Waals surface area (Å²) >= 11 is 0. The molecule has 3 fully saturated rings. The summed E-state index contributed by atoms with van der Waals surface area (Å²) in [5.41, 5.74) is 0.936. The van der Waals surface area contributed by atoms with Gasteiger partial charge in [-0.1, -0.05) is 0 Å². The quantitative estimate of drug-likeness (QED) is 0.853. The molecule has 3 atom stereocenters. The van der Waals surface area contributed by atoms with Gasteiger partial charge in [0.25, 0.3) is 0 Å². The van der Waals surface area contributed by atoms with E-state index in [9.17, 15) is 9.18 Å². The number of ether oxygens (including phenoxy) is 1. The van der Waals surface area contributed by atoms with Crippen molar-refractivity contribution in [2.45, 2.75) is 25.3 Å². The third-order valence-electron chi connectivity index (χ3n) is 6.14. The zero-order valence-corrected chi connectivity index (χ0v) is 13.8. The van der Waals surface area contributed by atoms with Crippen molar-refractivity contribution in [1.29, 1.82) is 0 Å². The third kappa shape index (κ3) is 2.32. The Labute approximate surface area is 141 Å². The summed E-state index contributed by atoms with van der Waals surface area (Å²) in [5.74, 6) is 1.73. The smallest absolute Gasteiger partial charge is 0.227 e. The molecular formula is C19H23FN2O2. The number of likely N-dealkylation sites (tertiary alicyclic amines) is 2. The second-order valence-corrected chi connectivity index (χ2v) is 7.78. The second-order valence-electron chi connectivity index (χ2n) is 7.78. The molecule has 5 heteroatoms. The van der Waals surface area contributed by atoms with Crippen LogP contribution >= 0.6 is 0 Å². The normalized spacial score (nSPS) is 31.9. The van der Waals surface area contributed by atoms with Crippen LogP contribution in [0.3, 0.4) is 0 Å². The van der Waals surface area contributed by atoms with Gasteiger partial charge in [0, 0.05) is 43.7 Å². The highest BCUT2D eigenvalue weighted by Gasteiger charge is 2.51. The van der Waals surface area contributed by atoms with E-state index < -0.39 is 0 Å². The average Bonchev–Trinajstić information content (AvgIpc) is 3.25. The van der Waals surface area contributed by atoms with Crippen molar-refractivity contribution in [3.05, 3.63) is 29.6 Å². The molecule has 0 bridgehead atoms. The van der Waals surface area contributed by atoms with Gasteiger partial charge in [0.1, 0.15) is 11.6 Å². The molecule has 0 N–H and O–H groups in total. The first-order valence-corrected chi connectivity index (χ1v) is 9.16. The average molecular weight is 330 g/mol. The minimum atomic E-state index is -0.220. The Balaban J connectivity index is 1.48. The fourth-order valence-electron chi connectivity index (χ4n) is 4.55. The van der Waals surface area contributed by atoms with Crippen LogP contribution in [-0.4, -0.2) is 48.5 Å². The molecule has 24 heavy (non-hydrogen) atoms. The zero-order valence-electron chi connectivity index (χ0n) is 13.8. The van der Waals surface area contributed by atoms with E-state index in [2.05, 4.69) is 4.90 Å². The summed E-state index contributed by atoms with van der Waals surface area (Å²) in [5, 5.41) is 0. The maximum absolute atomic E-state index is 13.9. The van der Waals surface area contributed by atoms with Crippen molar-refractivity contribution in [2.75, 3.05) is 32.8 Å². The zero-order chi connectivity index (χ0) is 16.3. The molecule has 4 nitrogen and oxygen atoms in total. The molecule has 3 aliphatic heterocycles. The highest BCUT2D eigenvalue weighted by atomic mass is 19.1. The van der Waals surface area contributed by atoms with Gasteiger partial charge in [-0.05, 0) is 43.4 Å². The summed E-state index contributed by atoms with van der Waals surface area (Å²) in [6.07, 6.45) is 3.68. The molecule has 1 aromatic rings. The lowest BCUT2D eigenvalue weighted by Crippen LogP contribution is -2.47. The van der Waals surface area contributed by atoms with E-state index in [-0.39, 0.29) is 29.6 Å². The summed E-state index contributed by atoms with van der Waals surface area (Å²) < 4.78 is 19.8. The van der Waals surface area contributed by atoms with Gasteiger partial charge in [-0.2, -0.15) is 0 Å². The summed E-state index contributed by atoms with van der Waals surface area (Å²) in [6.45, 7) is 4.17. The van der Waals surface area contributed by atoms with E-state index in [1.807, 2.05) is 4.90 Å². The van der Waals surface area contributed by atoms with Crippen LogP contribution in [0, 0.1) is 23.6 Å². The maximum atomic E-state index is 13.9. The van der Waals surface area contributed by atoms with Crippen LogP contribution in [0.15, 0.2) is 18.2 Å². The minimum absolute atomic E-state index is 0.00883. The van der Waals surface area contributed by atoms with Gasteiger partial charge in [0.2, 0.25) is 5.91 Å². The molecule has 128 valence electrons. The lowest BCUT2D eigenvalue weighted by Gasteiger charge is -2.37. The third-order valence-corrected chi connectivity index (χ3v) is 6.14. The molecule has 2 saturated heterocycles. The van der Waals surface area contributed by atoms with Gasteiger partial charge in [0.05, 0.1) is 12.5 Å². The summed E-state index contributed by atoms with van der Waals surface area (Å²) in [4.78, 5) is 17.3. The molecule has 5 rings (SSSR count). The predicted octanol–water partition coefficient (Wildman–Crippen LogP) is 2.45. The standard InChI is InChI=1S/C19H23FN2O2/c20-13-4-5-17-14(8-13)18-16(11-24-17)15(19(23)21-6-1-7-21)10-22(18)9-12-2-3-12/h4-5,8,12,15-16,18H,1-3,6-7,9-11H2/t15-,16+,18+/m1/s1. The van der Waals surface area contributed by atoms with Crippen LogP contribution in [0.25, 0.3) is 0 Å². The van der Waals surface area contributed by atoms with E-state index in [1.54, 1.807) is 12.1 Å². The number of benzene rings is 1. The van der Waals surface area contributed by atoms with Gasteiger partial charge < -0.3 is 9.64 Å².